The van der Waals surface area contributed by atoms with Gasteiger partial charge in [-0.25, -0.2) is 4.79 Å². The smallest absolute Gasteiger partial charge is 0.330 e. The molecule has 2 fully saturated rings. The van der Waals surface area contributed by atoms with E-state index in [2.05, 4.69) is 70.8 Å². The van der Waals surface area contributed by atoms with Crippen LogP contribution in [0.4, 0.5) is 0 Å². The Morgan fingerprint density at radius 2 is 1.63 bits per heavy atom. The lowest BCUT2D eigenvalue weighted by Gasteiger charge is -2.60. The molecule has 1 aromatic heterocycles. The van der Waals surface area contributed by atoms with Gasteiger partial charge in [-0.2, -0.15) is 0 Å². The van der Waals surface area contributed by atoms with Gasteiger partial charge in [0.1, 0.15) is 0 Å². The summed E-state index contributed by atoms with van der Waals surface area (Å²) in [4.78, 5) is 15.4. The number of aliphatic hydroxyl groups excluding tert-OH is 1. The first-order valence-electron chi connectivity index (χ1n) is 15.9. The number of benzene rings is 1. The van der Waals surface area contributed by atoms with Crippen molar-refractivity contribution in [2.75, 3.05) is 0 Å². The van der Waals surface area contributed by atoms with Gasteiger partial charge in [-0.15, -0.1) is 0 Å². The summed E-state index contributed by atoms with van der Waals surface area (Å²) in [5.74, 6) is 0.698. The van der Waals surface area contributed by atoms with E-state index in [4.69, 9.17) is 0 Å². The number of nitrogens with one attached hydrogen (secondary N) is 1. The van der Waals surface area contributed by atoms with Crippen LogP contribution in [0.15, 0.2) is 47.1 Å². The van der Waals surface area contributed by atoms with Gasteiger partial charge < -0.3 is 15.2 Å². The van der Waals surface area contributed by atoms with E-state index in [0.717, 1.165) is 44.9 Å². The second-order valence-corrected chi connectivity index (χ2v) is 14.5. The Balaban J connectivity index is 1.52. The van der Waals surface area contributed by atoms with Crippen molar-refractivity contribution >= 4 is 16.9 Å². The molecule has 0 unspecified atom stereocenters. The molecule has 0 bridgehead atoms. The van der Waals surface area contributed by atoms with Gasteiger partial charge in [0, 0.05) is 28.1 Å². The van der Waals surface area contributed by atoms with E-state index < -0.39 is 5.97 Å². The molecule has 2 saturated carbocycles. The normalized spacial score (nSPS) is 30.9. The molecule has 3 aliphatic carbocycles. The zero-order chi connectivity index (χ0) is 29.7. The van der Waals surface area contributed by atoms with Crippen LogP contribution in [-0.4, -0.2) is 27.3 Å². The zero-order valence-electron chi connectivity index (χ0n) is 26.4. The molecule has 3 aliphatic rings. The number of allylic oxidation sites excluding steroid dienone is 5. The molecule has 6 atom stereocenters. The van der Waals surface area contributed by atoms with Crippen LogP contribution in [-0.2, 0) is 24.1 Å². The molecule has 3 N–H and O–H groups in total. The van der Waals surface area contributed by atoms with Gasteiger partial charge >= 0.3 is 5.97 Å². The average Bonchev–Trinajstić information content (AvgIpc) is 3.44. The first kappa shape index (κ1) is 29.9. The lowest BCUT2D eigenvalue weighted by molar-refractivity contribution is -0.142. The van der Waals surface area contributed by atoms with Crippen molar-refractivity contribution in [2.24, 2.45) is 22.7 Å². The Kier molecular flexibility index (Phi) is 8.20. The number of H-pyrrole nitrogens is 1. The first-order valence-corrected chi connectivity index (χ1v) is 15.9. The third-order valence-corrected chi connectivity index (χ3v) is 11.3. The van der Waals surface area contributed by atoms with Crippen LogP contribution >= 0.6 is 0 Å². The number of carboxylic acids is 1. The first-order chi connectivity index (χ1) is 19.3. The number of hydrogen-bond donors (Lipinski definition) is 3. The van der Waals surface area contributed by atoms with Crippen molar-refractivity contribution in [1.29, 1.82) is 0 Å². The summed E-state index contributed by atoms with van der Waals surface area (Å²) in [7, 11) is 0. The molecule has 0 aliphatic heterocycles. The van der Waals surface area contributed by atoms with E-state index in [1.165, 1.54) is 50.9 Å². The van der Waals surface area contributed by atoms with E-state index >= 15 is 0 Å². The maximum absolute atomic E-state index is 11.4. The van der Waals surface area contributed by atoms with Crippen LogP contribution in [0, 0.1) is 22.7 Å². The van der Waals surface area contributed by atoms with Crippen LogP contribution in [0.2, 0.25) is 0 Å². The number of carboxylic acid groups (broad SMARTS) is 1. The predicted octanol–water partition coefficient (Wildman–Crippen LogP) is 8.83. The van der Waals surface area contributed by atoms with Crippen molar-refractivity contribution in [1.82, 2.24) is 4.98 Å². The van der Waals surface area contributed by atoms with Crippen molar-refractivity contribution in [2.45, 2.75) is 118 Å². The van der Waals surface area contributed by atoms with Gasteiger partial charge in [0.2, 0.25) is 0 Å². The summed E-state index contributed by atoms with van der Waals surface area (Å²) < 4.78 is 0. The Labute approximate surface area is 247 Å². The molecule has 4 nitrogen and oxygen atoms in total. The summed E-state index contributed by atoms with van der Waals surface area (Å²) in [5, 5.41) is 22.1. The largest absolute Gasteiger partial charge is 0.478 e. The Hall–Kier alpha value is -2.59. The van der Waals surface area contributed by atoms with Gasteiger partial charge in [-0.05, 0) is 144 Å². The minimum absolute atomic E-state index is 0.115. The van der Waals surface area contributed by atoms with Crippen molar-refractivity contribution in [3.8, 4) is 0 Å². The number of aromatic amines is 1. The quantitative estimate of drug-likeness (QED) is 0.224. The minimum atomic E-state index is -0.852. The number of aliphatic hydroxyl groups is 1. The molecule has 4 heteroatoms. The van der Waals surface area contributed by atoms with Gasteiger partial charge in [-0.1, -0.05) is 43.2 Å². The van der Waals surface area contributed by atoms with Gasteiger partial charge in [0.15, 0.2) is 0 Å². The number of fused-ring (bicyclic) bond motifs is 7. The van der Waals surface area contributed by atoms with Gasteiger partial charge in [-0.3, -0.25) is 0 Å². The number of rotatable bonds is 8. The molecule has 222 valence electrons. The van der Waals surface area contributed by atoms with Gasteiger partial charge in [0.05, 0.1) is 6.10 Å². The SMILES string of the molecule is CC(C)=CCc1cc2[nH]c3c(c2cc1CC=C(C)C)C[C@@H]1CC[C@H]2[C@](C)(CC/C=C(/C)C(=O)O)[C@@H](O)CC[C@]2(C)[C@@H]31. The van der Waals surface area contributed by atoms with Crippen molar-refractivity contribution in [3.05, 3.63) is 69.5 Å². The van der Waals surface area contributed by atoms with Crippen molar-refractivity contribution < 1.29 is 15.0 Å². The van der Waals surface area contributed by atoms with Crippen LogP contribution in [0.5, 0.6) is 0 Å². The number of hydrogen-bond acceptors (Lipinski definition) is 2. The molecule has 1 heterocycles. The minimum Gasteiger partial charge on any atom is -0.478 e. The molecule has 0 amide bonds. The molecule has 1 aromatic carbocycles. The Morgan fingerprint density at radius 1 is 0.976 bits per heavy atom. The fourth-order valence-corrected chi connectivity index (χ4v) is 9.03. The number of aromatic nitrogens is 1. The van der Waals surface area contributed by atoms with Crippen LogP contribution in [0.1, 0.15) is 115 Å². The topological polar surface area (TPSA) is 73.3 Å². The molecule has 0 saturated heterocycles. The summed E-state index contributed by atoms with van der Waals surface area (Å²) in [6, 6.07) is 4.91. The third kappa shape index (κ3) is 5.38. The molecular formula is C37H51NO3. The summed E-state index contributed by atoms with van der Waals surface area (Å²) in [6.45, 7) is 15.2. The number of carbonyl (C=O) groups is 1. The fourth-order valence-electron chi connectivity index (χ4n) is 9.03. The average molecular weight is 558 g/mol. The van der Waals surface area contributed by atoms with E-state index in [9.17, 15) is 15.0 Å². The Morgan fingerprint density at radius 3 is 2.27 bits per heavy atom. The highest BCUT2D eigenvalue weighted by Crippen LogP contribution is 2.67. The second kappa shape index (κ2) is 11.2. The number of aliphatic carboxylic acids is 1. The predicted molar refractivity (Wildman–Crippen MR) is 169 cm³/mol. The lowest BCUT2D eigenvalue weighted by Crippen LogP contribution is -2.56. The zero-order valence-corrected chi connectivity index (χ0v) is 26.4. The maximum atomic E-state index is 11.4. The monoisotopic (exact) mass is 557 g/mol. The Bertz CT molecular complexity index is 1420. The molecule has 0 radical (unpaired) electrons. The van der Waals surface area contributed by atoms with E-state index in [1.54, 1.807) is 6.92 Å². The molecule has 2 aromatic rings. The summed E-state index contributed by atoms with van der Waals surface area (Å²) >= 11 is 0. The summed E-state index contributed by atoms with van der Waals surface area (Å²) in [6.07, 6.45) is 15.0. The van der Waals surface area contributed by atoms with Crippen LogP contribution in [0.3, 0.4) is 0 Å². The highest BCUT2D eigenvalue weighted by atomic mass is 16.4. The highest BCUT2D eigenvalue weighted by molar-refractivity contribution is 5.87. The second-order valence-electron chi connectivity index (χ2n) is 14.5. The summed E-state index contributed by atoms with van der Waals surface area (Å²) in [5.41, 5.74) is 10.2. The van der Waals surface area contributed by atoms with Crippen molar-refractivity contribution in [3.63, 3.8) is 0 Å². The fraction of sp³-hybridized carbons (Fsp3) is 0.595. The standard InChI is InChI=1S/C37H51NO3/c1-22(2)10-12-25-19-28-29-20-27-14-15-31-36(6,17-8-9-24(5)35(40)41)32(39)16-18-37(31,7)33(27)34(29)38-30(28)21-26(25)13-11-23(3)4/h9-11,19,21,27,31-33,38-39H,8,12-18,20H2,1-7H3,(H,40,41)/b24-9-/t27-,31-,32-,33+,36-,37-/m0/s1. The third-order valence-electron chi connectivity index (χ3n) is 11.3. The molecule has 41 heavy (non-hydrogen) atoms. The highest BCUT2D eigenvalue weighted by Gasteiger charge is 2.60. The molecule has 0 spiro atoms. The molecule has 5 rings (SSSR count). The lowest BCUT2D eigenvalue weighted by atomic mass is 9.45. The molecular weight excluding hydrogens is 506 g/mol. The van der Waals surface area contributed by atoms with E-state index in [0.29, 0.717) is 29.7 Å². The van der Waals surface area contributed by atoms with E-state index in [1.807, 2.05) is 6.08 Å². The van der Waals surface area contributed by atoms with Crippen LogP contribution < -0.4 is 0 Å². The van der Waals surface area contributed by atoms with E-state index in [-0.39, 0.29) is 16.9 Å². The maximum Gasteiger partial charge on any atom is 0.330 e. The van der Waals surface area contributed by atoms with Gasteiger partial charge in [0.25, 0.3) is 0 Å². The van der Waals surface area contributed by atoms with Crippen LogP contribution in [0.25, 0.3) is 10.9 Å².